The van der Waals surface area contributed by atoms with Crippen molar-refractivity contribution in [2.75, 3.05) is 0 Å². The molecule has 0 aliphatic heterocycles. The molecule has 0 bridgehead atoms. The summed E-state index contributed by atoms with van der Waals surface area (Å²) in [5, 5.41) is 1.40. The summed E-state index contributed by atoms with van der Waals surface area (Å²) in [4.78, 5) is 0. The highest BCUT2D eigenvalue weighted by atomic mass is 35.6. The van der Waals surface area contributed by atoms with Crippen molar-refractivity contribution in [2.45, 2.75) is 9.71 Å². The van der Waals surface area contributed by atoms with E-state index >= 15 is 0 Å². The lowest BCUT2D eigenvalue weighted by atomic mass is 9.85. The second-order valence-corrected chi connectivity index (χ2v) is 8.81. The van der Waals surface area contributed by atoms with Gasteiger partial charge < -0.3 is 0 Å². The predicted molar refractivity (Wildman–Crippen MR) is 110 cm³/mol. The van der Waals surface area contributed by atoms with E-state index in [9.17, 15) is 0 Å². The van der Waals surface area contributed by atoms with E-state index in [-0.39, 0.29) is 5.92 Å². The van der Waals surface area contributed by atoms with Gasteiger partial charge in [-0.2, -0.15) is 0 Å². The van der Waals surface area contributed by atoms with E-state index in [0.717, 1.165) is 16.7 Å². The Morgan fingerprint density at radius 3 is 1.16 bits per heavy atom. The first kappa shape index (κ1) is 18.9. The minimum atomic E-state index is -1.44. The zero-order valence-corrected chi connectivity index (χ0v) is 16.7. The fourth-order valence-electron chi connectivity index (χ4n) is 2.75. The van der Waals surface area contributed by atoms with Crippen molar-refractivity contribution in [1.82, 2.24) is 0 Å². The van der Waals surface area contributed by atoms with Crippen LogP contribution in [0.3, 0.4) is 0 Å². The molecule has 0 atom stereocenters. The third kappa shape index (κ3) is 4.64. The van der Waals surface area contributed by atoms with Crippen LogP contribution in [0.1, 0.15) is 28.2 Å². The summed E-state index contributed by atoms with van der Waals surface area (Å²) in [6, 6.07) is 23.2. The van der Waals surface area contributed by atoms with Crippen molar-refractivity contribution in [3.8, 4) is 0 Å². The van der Waals surface area contributed by atoms with Gasteiger partial charge in [0, 0.05) is 21.5 Å². The molecule has 0 spiro atoms. The highest BCUT2D eigenvalue weighted by Gasteiger charge is 2.23. The van der Waals surface area contributed by atoms with Crippen LogP contribution in [-0.2, 0) is 3.79 Å². The maximum absolute atomic E-state index is 6.04. The fourth-order valence-corrected chi connectivity index (χ4v) is 3.38. The van der Waals surface area contributed by atoms with Crippen molar-refractivity contribution in [3.05, 3.63) is 105 Å². The van der Waals surface area contributed by atoms with Gasteiger partial charge in [-0.3, -0.25) is 0 Å². The Hall–Kier alpha value is -0.890. The second kappa shape index (κ2) is 7.78. The highest BCUT2D eigenvalue weighted by Crippen LogP contribution is 2.40. The average Bonchev–Trinajstić information content (AvgIpc) is 2.58. The Labute approximate surface area is 172 Å². The second-order valence-electron chi connectivity index (χ2n) is 5.66. The molecule has 0 aromatic heterocycles. The van der Waals surface area contributed by atoms with Gasteiger partial charge in [0.15, 0.2) is 0 Å². The van der Waals surface area contributed by atoms with Crippen LogP contribution in [0.4, 0.5) is 0 Å². The molecule has 0 aliphatic rings. The van der Waals surface area contributed by atoms with E-state index in [1.54, 1.807) is 0 Å². The summed E-state index contributed by atoms with van der Waals surface area (Å²) in [6.45, 7) is 0. The molecule has 0 nitrogen and oxygen atoms in total. The van der Waals surface area contributed by atoms with Gasteiger partial charge in [0.05, 0.1) is 0 Å². The van der Waals surface area contributed by atoms with E-state index in [1.807, 2.05) is 72.8 Å². The first-order chi connectivity index (χ1) is 11.8. The lowest BCUT2D eigenvalue weighted by Gasteiger charge is -2.20. The van der Waals surface area contributed by atoms with Crippen LogP contribution >= 0.6 is 58.0 Å². The van der Waals surface area contributed by atoms with Crippen molar-refractivity contribution >= 4 is 58.0 Å². The molecule has 5 heteroatoms. The Morgan fingerprint density at radius 1 is 0.520 bits per heavy atom. The van der Waals surface area contributed by atoms with Crippen molar-refractivity contribution < 1.29 is 0 Å². The maximum Gasteiger partial charge on any atom is 0.216 e. The first-order valence-electron chi connectivity index (χ1n) is 7.53. The summed E-state index contributed by atoms with van der Waals surface area (Å²) in [6.07, 6.45) is 0. The molecule has 0 saturated carbocycles. The van der Waals surface area contributed by atoms with Gasteiger partial charge in [0.25, 0.3) is 0 Å². The highest BCUT2D eigenvalue weighted by molar-refractivity contribution is 6.66. The summed E-state index contributed by atoms with van der Waals surface area (Å²) < 4.78 is -1.44. The van der Waals surface area contributed by atoms with Gasteiger partial charge in [-0.25, -0.2) is 0 Å². The third-order valence-corrected chi connectivity index (χ3v) is 5.14. The van der Waals surface area contributed by atoms with Gasteiger partial charge in [0.2, 0.25) is 3.79 Å². The molecule has 25 heavy (non-hydrogen) atoms. The quantitative estimate of drug-likeness (QED) is 0.292. The van der Waals surface area contributed by atoms with Gasteiger partial charge in [-0.15, -0.1) is 0 Å². The summed E-state index contributed by atoms with van der Waals surface area (Å²) in [7, 11) is 0. The van der Waals surface area contributed by atoms with Crippen LogP contribution in [0.5, 0.6) is 0 Å². The molecule has 3 rings (SSSR count). The minimum Gasteiger partial charge on any atom is -0.0843 e. The Balaban J connectivity index is 2.07. The smallest absolute Gasteiger partial charge is 0.0843 e. The molecule has 3 aromatic rings. The number of benzene rings is 3. The van der Waals surface area contributed by atoms with E-state index in [1.165, 1.54) is 0 Å². The zero-order chi connectivity index (χ0) is 18.0. The monoisotopic (exact) mass is 428 g/mol. The largest absolute Gasteiger partial charge is 0.216 e. The summed E-state index contributed by atoms with van der Waals surface area (Å²) >= 11 is 30.0. The molecule has 0 saturated heterocycles. The lowest BCUT2D eigenvalue weighted by Crippen LogP contribution is -2.05. The van der Waals surface area contributed by atoms with Crippen LogP contribution in [0.25, 0.3) is 0 Å². The number of alkyl halides is 3. The van der Waals surface area contributed by atoms with Crippen LogP contribution in [0.2, 0.25) is 10.0 Å². The Bertz CT molecular complexity index is 786. The van der Waals surface area contributed by atoms with Crippen LogP contribution in [-0.4, -0.2) is 0 Å². The van der Waals surface area contributed by atoms with E-state index < -0.39 is 3.79 Å². The zero-order valence-electron chi connectivity index (χ0n) is 12.9. The normalized spacial score (nSPS) is 11.8. The topological polar surface area (TPSA) is 0 Å². The molecule has 0 fully saturated rings. The SMILES string of the molecule is Clc1ccc(C(c2ccc(Cl)cc2)c2ccc(C(Cl)(Cl)Cl)cc2)cc1. The molecule has 0 unspecified atom stereocenters. The fraction of sp³-hybridized carbons (Fsp3) is 0.100. The molecule has 0 radical (unpaired) electrons. The molecular formula is C20H13Cl5. The van der Waals surface area contributed by atoms with Gasteiger partial charge >= 0.3 is 0 Å². The van der Waals surface area contributed by atoms with E-state index in [0.29, 0.717) is 15.6 Å². The van der Waals surface area contributed by atoms with Gasteiger partial charge in [-0.05, 0) is 41.0 Å². The minimum absolute atomic E-state index is 0.0268. The lowest BCUT2D eigenvalue weighted by molar-refractivity contribution is 0.974. The third-order valence-electron chi connectivity index (χ3n) is 3.98. The van der Waals surface area contributed by atoms with Gasteiger partial charge in [0.1, 0.15) is 0 Å². The molecule has 0 amide bonds. The predicted octanol–water partition coefficient (Wildman–Crippen LogP) is 8.00. The molecule has 128 valence electrons. The average molecular weight is 431 g/mol. The molecule has 0 heterocycles. The Kier molecular flexibility index (Phi) is 5.88. The number of halogens is 5. The molecule has 0 N–H and O–H groups in total. The number of rotatable bonds is 3. The first-order valence-corrected chi connectivity index (χ1v) is 9.41. The summed E-state index contributed by atoms with van der Waals surface area (Å²) in [5.74, 6) is 0.0268. The van der Waals surface area contributed by atoms with Crippen molar-refractivity contribution in [3.63, 3.8) is 0 Å². The molecule has 3 aromatic carbocycles. The van der Waals surface area contributed by atoms with Crippen molar-refractivity contribution in [2.24, 2.45) is 0 Å². The number of hydrogen-bond acceptors (Lipinski definition) is 0. The standard InChI is InChI=1S/C20H13Cl5/c21-17-9-3-14(4-10-17)19(15-5-11-18(22)12-6-15)13-1-7-16(8-2-13)20(23,24)25/h1-12,19H. The molecule has 0 aliphatic carbocycles. The molecular weight excluding hydrogens is 417 g/mol. The maximum atomic E-state index is 6.04. The summed E-state index contributed by atoms with van der Waals surface area (Å²) in [5.41, 5.74) is 3.96. The van der Waals surface area contributed by atoms with E-state index in [2.05, 4.69) is 0 Å². The van der Waals surface area contributed by atoms with Crippen molar-refractivity contribution in [1.29, 1.82) is 0 Å². The van der Waals surface area contributed by atoms with Gasteiger partial charge in [-0.1, -0.05) is 107 Å². The van der Waals surface area contributed by atoms with E-state index in [4.69, 9.17) is 58.0 Å². The Morgan fingerprint density at radius 2 is 0.840 bits per heavy atom. The van der Waals surface area contributed by atoms with Crippen LogP contribution in [0.15, 0.2) is 72.8 Å². The van der Waals surface area contributed by atoms with Crippen LogP contribution in [0, 0.1) is 0 Å². The van der Waals surface area contributed by atoms with Crippen LogP contribution < -0.4 is 0 Å². The number of hydrogen-bond donors (Lipinski definition) is 0.